The van der Waals surface area contributed by atoms with Crippen LogP contribution in [0.25, 0.3) is 28.6 Å². The van der Waals surface area contributed by atoms with Crippen molar-refractivity contribution in [2.24, 2.45) is 7.05 Å². The first-order valence-electron chi connectivity index (χ1n) is 17.8. The first kappa shape index (κ1) is 41.1. The van der Waals surface area contributed by atoms with Crippen LogP contribution in [0.5, 0.6) is 0 Å². The zero-order valence-corrected chi connectivity index (χ0v) is 33.3. The van der Waals surface area contributed by atoms with Crippen molar-refractivity contribution >= 4 is 58.1 Å². The summed E-state index contributed by atoms with van der Waals surface area (Å²) >= 11 is 2.70. The number of alkyl halides is 6. The highest BCUT2D eigenvalue weighted by atomic mass is 32.2. The minimum absolute atomic E-state index is 0.0135. The van der Waals surface area contributed by atoms with Gasteiger partial charge in [0.1, 0.15) is 5.82 Å². The standard InChI is InChI=1S/C38H35F6N13S2/c1-5-7-24-9-8-23(6-2)34(59-53-31-13-12-30(20-45-31)56-21-27(16-50-56)37(39,40)41)32(24)54(3)49-15-26-11-10-25-14-48-55(4)33(25)35(26)58-52-29-18-46-36(47-19-29)57-22-28(17-51-57)38(42,43)44/h5,7-14,16-22,49,52H,6,15H2,1-4H3,(H,45,53)/b7-5-. The Hall–Kier alpha value is -6.06. The van der Waals surface area contributed by atoms with E-state index in [-0.39, 0.29) is 5.95 Å². The van der Waals surface area contributed by atoms with Crippen LogP contribution in [-0.4, -0.2) is 51.3 Å². The molecule has 0 bridgehead atoms. The molecule has 2 aromatic carbocycles. The molecule has 0 unspecified atom stereocenters. The van der Waals surface area contributed by atoms with Crippen LogP contribution in [0, 0.1) is 0 Å². The van der Waals surface area contributed by atoms with Crippen molar-refractivity contribution in [2.75, 3.05) is 21.5 Å². The number of allylic oxidation sites excluding steroid dienone is 1. The Morgan fingerprint density at radius 3 is 2.07 bits per heavy atom. The SMILES string of the molecule is C/C=C\c1ccc(CC)c(SNc2ccc(-n3cc(C(F)(F)F)cn3)cn2)c1N(C)NCc1ccc2cnn(C)c2c1SNc1cnc(-n2cc(C(F)(F)F)cn2)nc1. The number of hydrazine groups is 1. The molecule has 0 spiro atoms. The average Bonchev–Trinajstić information content (AvgIpc) is 4.00. The van der Waals surface area contributed by atoms with E-state index in [0.29, 0.717) is 23.7 Å². The predicted octanol–water partition coefficient (Wildman–Crippen LogP) is 9.14. The van der Waals surface area contributed by atoms with Gasteiger partial charge in [0.25, 0.3) is 5.95 Å². The van der Waals surface area contributed by atoms with Crippen molar-refractivity contribution in [2.45, 2.75) is 49.0 Å². The van der Waals surface area contributed by atoms with E-state index in [1.54, 1.807) is 23.0 Å². The van der Waals surface area contributed by atoms with Crippen LogP contribution in [0.1, 0.15) is 41.7 Å². The molecule has 306 valence electrons. The normalized spacial score (nSPS) is 12.2. The number of nitrogens with one attached hydrogen (secondary N) is 3. The number of hydrogen-bond acceptors (Lipinski definition) is 12. The Morgan fingerprint density at radius 2 is 1.42 bits per heavy atom. The van der Waals surface area contributed by atoms with E-state index < -0.39 is 23.5 Å². The van der Waals surface area contributed by atoms with Crippen molar-refractivity contribution in [3.63, 3.8) is 0 Å². The predicted molar refractivity (Wildman–Crippen MR) is 216 cm³/mol. The Bertz CT molecular complexity index is 2580. The largest absolute Gasteiger partial charge is 0.419 e. The van der Waals surface area contributed by atoms with E-state index in [2.05, 4.69) is 64.2 Å². The van der Waals surface area contributed by atoms with Crippen molar-refractivity contribution in [3.8, 4) is 11.6 Å². The van der Waals surface area contributed by atoms with Gasteiger partial charge in [0, 0.05) is 44.0 Å². The van der Waals surface area contributed by atoms with Crippen molar-refractivity contribution in [1.82, 2.24) is 49.7 Å². The fourth-order valence-corrected chi connectivity index (χ4v) is 7.93. The molecule has 3 N–H and O–H groups in total. The molecule has 0 radical (unpaired) electrons. The van der Waals surface area contributed by atoms with Gasteiger partial charge in [0.15, 0.2) is 0 Å². The number of aromatic nitrogens is 9. The first-order valence-corrected chi connectivity index (χ1v) is 19.4. The molecule has 0 fully saturated rings. The summed E-state index contributed by atoms with van der Waals surface area (Å²) < 4.78 is 89.1. The molecule has 0 aliphatic carbocycles. The van der Waals surface area contributed by atoms with Gasteiger partial charge in [-0.05, 0) is 60.5 Å². The Labute approximate surface area is 342 Å². The summed E-state index contributed by atoms with van der Waals surface area (Å²) in [4.78, 5) is 14.7. The van der Waals surface area contributed by atoms with Crippen molar-refractivity contribution < 1.29 is 26.3 Å². The molecular formula is C38H35F6N13S2. The van der Waals surface area contributed by atoms with Gasteiger partial charge in [0.2, 0.25) is 0 Å². The van der Waals surface area contributed by atoms with Crippen LogP contribution in [-0.2, 0) is 32.4 Å². The molecule has 59 heavy (non-hydrogen) atoms. The van der Waals surface area contributed by atoms with Crippen LogP contribution in [0.15, 0.2) is 102 Å². The summed E-state index contributed by atoms with van der Waals surface area (Å²) in [5, 5.41) is 14.9. The molecule has 7 rings (SSSR count). The van der Waals surface area contributed by atoms with Gasteiger partial charge in [0.05, 0.1) is 80.7 Å². The molecule has 13 nitrogen and oxygen atoms in total. The highest BCUT2D eigenvalue weighted by Crippen LogP contribution is 2.38. The quantitative estimate of drug-likeness (QED) is 0.0548. The van der Waals surface area contributed by atoms with Crippen LogP contribution in [0.3, 0.4) is 0 Å². The number of nitrogens with zero attached hydrogens (tertiary/aromatic N) is 10. The van der Waals surface area contributed by atoms with E-state index >= 15 is 0 Å². The number of aryl methyl sites for hydroxylation is 2. The van der Waals surface area contributed by atoms with Gasteiger partial charge in [-0.2, -0.15) is 41.6 Å². The number of anilines is 3. The number of halogens is 6. The second-order valence-corrected chi connectivity index (χ2v) is 14.6. The second kappa shape index (κ2) is 17.0. The zero-order chi connectivity index (χ0) is 41.9. The minimum Gasteiger partial charge on any atom is -0.323 e. The molecule has 0 saturated heterocycles. The molecule has 0 atom stereocenters. The Morgan fingerprint density at radius 1 is 0.746 bits per heavy atom. The molecule has 5 heterocycles. The van der Waals surface area contributed by atoms with E-state index in [9.17, 15) is 26.3 Å². The number of pyridine rings is 1. The van der Waals surface area contributed by atoms with Gasteiger partial charge < -0.3 is 14.5 Å². The number of hydrogen-bond donors (Lipinski definition) is 3. The smallest absolute Gasteiger partial charge is 0.323 e. The first-order chi connectivity index (χ1) is 28.2. The molecular weight excluding hydrogens is 817 g/mol. The summed E-state index contributed by atoms with van der Waals surface area (Å²) in [6.07, 6.45) is 5.08. The number of benzene rings is 2. The maximum absolute atomic E-state index is 13.1. The molecule has 0 saturated carbocycles. The summed E-state index contributed by atoms with van der Waals surface area (Å²) in [6, 6.07) is 11.5. The highest BCUT2D eigenvalue weighted by molar-refractivity contribution is 8.01. The molecule has 0 aliphatic heterocycles. The number of fused-ring (bicyclic) bond motifs is 1. The van der Waals surface area contributed by atoms with E-state index in [1.165, 1.54) is 42.5 Å². The maximum atomic E-state index is 13.1. The average molecular weight is 852 g/mol. The lowest BCUT2D eigenvalue weighted by molar-refractivity contribution is -0.138. The second-order valence-electron chi connectivity index (χ2n) is 12.9. The van der Waals surface area contributed by atoms with Crippen LogP contribution in [0.4, 0.5) is 43.5 Å². The third-order valence-electron chi connectivity index (χ3n) is 8.96. The van der Waals surface area contributed by atoms with Gasteiger partial charge >= 0.3 is 12.4 Å². The zero-order valence-electron chi connectivity index (χ0n) is 31.7. The lowest BCUT2D eigenvalue weighted by Gasteiger charge is -2.27. The fourth-order valence-electron chi connectivity index (χ4n) is 5.97. The van der Waals surface area contributed by atoms with Gasteiger partial charge in [-0.1, -0.05) is 43.3 Å². The summed E-state index contributed by atoms with van der Waals surface area (Å²) in [6.45, 7) is 4.41. The molecule has 7 aromatic rings. The van der Waals surface area contributed by atoms with Crippen LogP contribution < -0.4 is 19.9 Å². The third kappa shape index (κ3) is 9.16. The highest BCUT2D eigenvalue weighted by Gasteiger charge is 2.33. The lowest BCUT2D eigenvalue weighted by Crippen LogP contribution is -2.35. The lowest BCUT2D eigenvalue weighted by atomic mass is 10.1. The third-order valence-corrected chi connectivity index (χ3v) is 10.9. The van der Waals surface area contributed by atoms with Crippen molar-refractivity contribution in [1.29, 1.82) is 0 Å². The van der Waals surface area contributed by atoms with Crippen LogP contribution >= 0.6 is 23.9 Å². The van der Waals surface area contributed by atoms with Gasteiger partial charge in [-0.25, -0.2) is 29.7 Å². The van der Waals surface area contributed by atoms with Crippen LogP contribution in [0.2, 0.25) is 0 Å². The Kier molecular flexibility index (Phi) is 11.9. The summed E-state index contributed by atoms with van der Waals surface area (Å²) in [5.74, 6) is 0.484. The van der Waals surface area contributed by atoms with Gasteiger partial charge in [-0.3, -0.25) is 4.68 Å². The monoisotopic (exact) mass is 851 g/mol. The maximum Gasteiger partial charge on any atom is 0.419 e. The Balaban J connectivity index is 1.09. The molecule has 0 aliphatic rings. The van der Waals surface area contributed by atoms with Crippen molar-refractivity contribution in [3.05, 3.63) is 120 Å². The van der Waals surface area contributed by atoms with Gasteiger partial charge in [-0.15, -0.1) is 0 Å². The van der Waals surface area contributed by atoms with E-state index in [1.807, 2.05) is 50.3 Å². The molecule has 21 heteroatoms. The fraction of sp³-hybridized carbons (Fsp3) is 0.211. The summed E-state index contributed by atoms with van der Waals surface area (Å²) in [7, 11) is 3.79. The molecule has 5 aromatic heterocycles. The topological polar surface area (TPSA) is 131 Å². The molecule has 0 amide bonds. The number of rotatable bonds is 14. The minimum atomic E-state index is -4.53. The van der Waals surface area contributed by atoms with E-state index in [0.717, 1.165) is 83.6 Å². The van der Waals surface area contributed by atoms with E-state index in [4.69, 9.17) is 0 Å². The summed E-state index contributed by atoms with van der Waals surface area (Å²) in [5.41, 5.74) is 7.46.